The van der Waals surface area contributed by atoms with Crippen LogP contribution in [0.15, 0.2) is 146 Å². The summed E-state index contributed by atoms with van der Waals surface area (Å²) in [5.74, 6) is 1.66. The average molecular weight is 867 g/mol. The van der Waals surface area contributed by atoms with Crippen molar-refractivity contribution in [3.05, 3.63) is 168 Å². The molecule has 0 atom stereocenters. The third kappa shape index (κ3) is 11.0. The fourth-order valence-corrected chi connectivity index (χ4v) is 8.76. The SMILES string of the molecule is C.C.N#Cc1cccc(-c2ccc3c(c2)C(=O)CC2(CCN(c4ccccc4)CC2)O3)c1.N#Cc1cccc(-c2ccc3c(c2)C(=O)CC2(CCNCC2)O3)c1.OB(O)c1ccccc1. The lowest BCUT2D eigenvalue weighted by molar-refractivity contribution is 0.0186. The van der Waals surface area contributed by atoms with Crippen LogP contribution in [0, 0.1) is 22.7 Å². The second-order valence-electron chi connectivity index (χ2n) is 16.4. The molecule has 4 aliphatic rings. The van der Waals surface area contributed by atoms with E-state index in [2.05, 4.69) is 46.6 Å². The lowest BCUT2D eigenvalue weighted by Crippen LogP contribution is -2.51. The molecule has 2 fully saturated rings. The number of rotatable bonds is 4. The number of nitriles is 2. The van der Waals surface area contributed by atoms with E-state index in [-0.39, 0.29) is 32.0 Å². The molecule has 11 heteroatoms. The number of anilines is 1. The van der Waals surface area contributed by atoms with Crippen molar-refractivity contribution in [3.63, 3.8) is 0 Å². The fourth-order valence-electron chi connectivity index (χ4n) is 8.76. The number of nitrogens with one attached hydrogen (secondary N) is 1. The Morgan fingerprint density at radius 3 is 1.45 bits per heavy atom. The van der Waals surface area contributed by atoms with Crippen LogP contribution in [0.5, 0.6) is 11.5 Å². The zero-order valence-corrected chi connectivity index (χ0v) is 34.9. The Labute approximate surface area is 382 Å². The van der Waals surface area contributed by atoms with Crippen molar-refractivity contribution in [2.75, 3.05) is 31.1 Å². The van der Waals surface area contributed by atoms with Crippen LogP contribution in [0.4, 0.5) is 5.69 Å². The van der Waals surface area contributed by atoms with Gasteiger partial charge in [-0.2, -0.15) is 10.5 Å². The van der Waals surface area contributed by atoms with Crippen LogP contribution in [0.25, 0.3) is 22.3 Å². The molecule has 2 spiro atoms. The minimum atomic E-state index is -1.34. The van der Waals surface area contributed by atoms with Crippen LogP contribution >= 0.6 is 0 Å². The van der Waals surface area contributed by atoms with Gasteiger partial charge in [-0.25, -0.2) is 0 Å². The normalized spacial score (nSPS) is 16.0. The molecule has 0 radical (unpaired) electrons. The van der Waals surface area contributed by atoms with Crippen LogP contribution in [-0.4, -0.2) is 66.1 Å². The number of Topliss-reactive ketones (excluding diaryl/α,β-unsaturated/α-hetero) is 2. The molecule has 0 aromatic heterocycles. The molecule has 4 heterocycles. The minimum absolute atomic E-state index is 0. The van der Waals surface area contributed by atoms with E-state index in [4.69, 9.17) is 30.0 Å². The number of nitrogens with zero attached hydrogens (tertiary/aromatic N) is 3. The summed E-state index contributed by atoms with van der Waals surface area (Å²) >= 11 is 0. The molecule has 0 bridgehead atoms. The van der Waals surface area contributed by atoms with Crippen molar-refractivity contribution < 1.29 is 29.1 Å². The second-order valence-corrected chi connectivity index (χ2v) is 16.4. The maximum atomic E-state index is 13.1. The molecule has 10 nitrogen and oxygen atoms in total. The molecule has 3 N–H and O–H groups in total. The van der Waals surface area contributed by atoms with Crippen LogP contribution in [0.3, 0.4) is 0 Å². The van der Waals surface area contributed by atoms with Crippen molar-refractivity contribution in [1.82, 2.24) is 5.32 Å². The summed E-state index contributed by atoms with van der Waals surface area (Å²) in [6.45, 7) is 3.54. The van der Waals surface area contributed by atoms with Gasteiger partial charge in [0.05, 0.1) is 47.2 Å². The molecular weight excluding hydrogens is 811 g/mol. The standard InChI is InChI=1S/C26H22N2O2.C20H18N2O2.C6H7BO2.2CH4/c27-18-19-5-4-6-20(15-19)21-9-10-25-23(16-21)24(29)17-26(30-25)11-13-28(14-12-26)22-7-2-1-3-8-22;21-13-14-2-1-3-15(10-14)16-4-5-19-17(11-16)18(23)12-20(24-19)6-8-22-9-7-20;8-7(9)6-4-2-1-3-5-6;;/h1-10,15-16H,11-14,17H2;1-5,10-11,22H,6-9,12H2;1-5,8-9H;2*1H4. The van der Waals surface area contributed by atoms with Crippen LogP contribution in [0.1, 0.15) is 85.2 Å². The molecule has 6 aromatic rings. The number of piperidine rings is 2. The monoisotopic (exact) mass is 866 g/mol. The van der Waals surface area contributed by atoms with Gasteiger partial charge < -0.3 is 29.7 Å². The maximum absolute atomic E-state index is 13.1. The number of fused-ring (bicyclic) bond motifs is 2. The van der Waals surface area contributed by atoms with Crippen LogP contribution in [0.2, 0.25) is 0 Å². The summed E-state index contributed by atoms with van der Waals surface area (Å²) in [6, 6.07) is 49.8. The van der Waals surface area contributed by atoms with E-state index in [0.717, 1.165) is 74.1 Å². The van der Waals surface area contributed by atoms with Gasteiger partial charge in [-0.15, -0.1) is 0 Å². The van der Waals surface area contributed by atoms with E-state index in [1.54, 1.807) is 36.4 Å². The first kappa shape index (κ1) is 47.5. The van der Waals surface area contributed by atoms with Gasteiger partial charge in [0.25, 0.3) is 0 Å². The zero-order valence-electron chi connectivity index (χ0n) is 34.9. The summed E-state index contributed by atoms with van der Waals surface area (Å²) in [4.78, 5) is 28.1. The van der Waals surface area contributed by atoms with E-state index < -0.39 is 12.7 Å². The van der Waals surface area contributed by atoms with Crippen molar-refractivity contribution in [2.45, 2.75) is 64.6 Å². The number of ketones is 2. The van der Waals surface area contributed by atoms with E-state index >= 15 is 0 Å². The first-order valence-electron chi connectivity index (χ1n) is 21.3. The molecule has 0 aliphatic carbocycles. The third-order valence-electron chi connectivity index (χ3n) is 12.2. The quantitative estimate of drug-likeness (QED) is 0.146. The molecular formula is C54H55BN4O6. The Morgan fingerprint density at radius 1 is 0.554 bits per heavy atom. The van der Waals surface area contributed by atoms with Gasteiger partial charge in [-0.05, 0) is 101 Å². The van der Waals surface area contributed by atoms with Crippen molar-refractivity contribution in [2.24, 2.45) is 0 Å². The number of carbonyl (C=O) groups excluding carboxylic acids is 2. The van der Waals surface area contributed by atoms with Gasteiger partial charge >= 0.3 is 7.12 Å². The highest BCUT2D eigenvalue weighted by atomic mass is 16.5. The zero-order chi connectivity index (χ0) is 43.8. The van der Waals surface area contributed by atoms with Crippen molar-refractivity contribution >= 4 is 29.8 Å². The number of para-hydroxylation sites is 1. The van der Waals surface area contributed by atoms with E-state index in [1.807, 2.05) is 84.9 Å². The van der Waals surface area contributed by atoms with Crippen molar-refractivity contribution in [3.8, 4) is 45.9 Å². The highest BCUT2D eigenvalue weighted by Gasteiger charge is 2.43. The van der Waals surface area contributed by atoms with E-state index in [9.17, 15) is 9.59 Å². The molecule has 10 rings (SSSR count). The summed E-state index contributed by atoms with van der Waals surface area (Å²) in [6.07, 6.45) is 4.26. The Bertz CT molecular complexity index is 2680. The summed E-state index contributed by atoms with van der Waals surface area (Å²) < 4.78 is 12.7. The third-order valence-corrected chi connectivity index (χ3v) is 12.2. The number of ether oxygens (including phenoxy) is 2. The first-order chi connectivity index (χ1) is 30.6. The Kier molecular flexibility index (Phi) is 15.4. The minimum Gasteiger partial charge on any atom is -0.486 e. The smallest absolute Gasteiger partial charge is 0.486 e. The fraction of sp³-hybridized carbons (Fsp3) is 0.259. The lowest BCUT2D eigenvalue weighted by Gasteiger charge is -2.44. The number of benzene rings is 6. The highest BCUT2D eigenvalue weighted by Crippen LogP contribution is 2.42. The van der Waals surface area contributed by atoms with Gasteiger partial charge in [0.1, 0.15) is 22.7 Å². The van der Waals surface area contributed by atoms with Crippen molar-refractivity contribution in [1.29, 1.82) is 10.5 Å². The van der Waals surface area contributed by atoms with Gasteiger partial charge in [0.2, 0.25) is 0 Å². The maximum Gasteiger partial charge on any atom is 0.488 e. The van der Waals surface area contributed by atoms with Gasteiger partial charge in [-0.3, -0.25) is 9.59 Å². The Balaban J connectivity index is 0.000000179. The molecule has 330 valence electrons. The largest absolute Gasteiger partial charge is 0.488 e. The average Bonchev–Trinajstić information content (AvgIpc) is 3.33. The molecule has 4 aliphatic heterocycles. The van der Waals surface area contributed by atoms with E-state index in [1.165, 1.54) is 5.69 Å². The first-order valence-corrected chi connectivity index (χ1v) is 21.3. The Morgan fingerprint density at radius 2 is 1.00 bits per heavy atom. The highest BCUT2D eigenvalue weighted by molar-refractivity contribution is 6.58. The van der Waals surface area contributed by atoms with Gasteiger partial charge in [0, 0.05) is 44.5 Å². The second kappa shape index (κ2) is 21.1. The summed E-state index contributed by atoms with van der Waals surface area (Å²) in [7, 11) is -1.34. The van der Waals surface area contributed by atoms with Crippen LogP contribution < -0.4 is 25.2 Å². The van der Waals surface area contributed by atoms with Crippen LogP contribution in [-0.2, 0) is 0 Å². The molecule has 2 saturated heterocycles. The van der Waals surface area contributed by atoms with Gasteiger partial charge in [0.15, 0.2) is 11.6 Å². The molecule has 0 unspecified atom stereocenters. The number of hydrogen-bond donors (Lipinski definition) is 3. The lowest BCUT2D eigenvalue weighted by atomic mass is 9.81. The molecule has 0 saturated carbocycles. The molecule has 6 aromatic carbocycles. The summed E-state index contributed by atoms with van der Waals surface area (Å²) in [5.41, 5.74) is 7.25. The topological polar surface area (TPSA) is 156 Å². The Hall–Kier alpha value is -7.02. The molecule has 0 amide bonds. The number of carbonyl (C=O) groups is 2. The predicted octanol–water partition coefficient (Wildman–Crippen LogP) is 9.18. The summed E-state index contributed by atoms with van der Waals surface area (Å²) in [5, 5.41) is 38.7. The number of hydrogen-bond acceptors (Lipinski definition) is 10. The van der Waals surface area contributed by atoms with Gasteiger partial charge in [-0.1, -0.05) is 99.8 Å². The molecule has 65 heavy (non-hydrogen) atoms. The van der Waals surface area contributed by atoms with E-state index in [0.29, 0.717) is 52.1 Å². The predicted molar refractivity (Wildman–Crippen MR) is 258 cm³/mol.